The van der Waals surface area contributed by atoms with Crippen molar-refractivity contribution in [3.8, 4) is 0 Å². The largest absolute Gasteiger partial charge is 0.356 e. The Morgan fingerprint density at radius 1 is 1.20 bits per heavy atom. The van der Waals surface area contributed by atoms with Crippen LogP contribution in [-0.4, -0.2) is 19.8 Å². The van der Waals surface area contributed by atoms with Crippen molar-refractivity contribution in [2.75, 3.05) is 11.6 Å². The summed E-state index contributed by atoms with van der Waals surface area (Å²) in [4.78, 5) is 0.317. The Morgan fingerprint density at radius 2 is 1.84 bits per heavy atom. The maximum absolute atomic E-state index is 11.6. The maximum Gasteiger partial charge on any atom is 0.175 e. The minimum atomic E-state index is -3.19. The quantitative estimate of drug-likeness (QED) is 0.665. The maximum atomic E-state index is 11.6. The normalized spacial score (nSPS) is 12.5. The molecule has 134 valence electrons. The lowest BCUT2D eigenvalue weighted by Gasteiger charge is -2.20. The number of rotatable bonds is 5. The van der Waals surface area contributed by atoms with Crippen molar-refractivity contribution in [2.45, 2.75) is 31.2 Å². The molecule has 2 rings (SSSR count). The van der Waals surface area contributed by atoms with Crippen LogP contribution in [0.4, 0.5) is 5.69 Å². The second-order valence-electron chi connectivity index (χ2n) is 5.86. The van der Waals surface area contributed by atoms with Crippen LogP contribution in [0.25, 0.3) is 0 Å². The van der Waals surface area contributed by atoms with E-state index in [0.29, 0.717) is 10.0 Å². The van der Waals surface area contributed by atoms with Crippen LogP contribution in [0.3, 0.4) is 0 Å². The Morgan fingerprint density at radius 3 is 2.36 bits per heavy atom. The molecule has 0 aliphatic carbocycles. The molecule has 0 bridgehead atoms. The minimum Gasteiger partial charge on any atom is -0.356 e. The van der Waals surface area contributed by atoms with E-state index in [2.05, 4.69) is 33.5 Å². The summed E-state index contributed by atoms with van der Waals surface area (Å²) in [5.74, 6) is 0. The van der Waals surface area contributed by atoms with Crippen molar-refractivity contribution in [1.29, 1.82) is 0 Å². The van der Waals surface area contributed by atoms with Gasteiger partial charge in [-0.25, -0.2) is 8.42 Å². The first-order chi connectivity index (χ1) is 11.7. The van der Waals surface area contributed by atoms with Gasteiger partial charge in [0.05, 0.1) is 10.9 Å². The van der Waals surface area contributed by atoms with Crippen LogP contribution in [0.15, 0.2) is 51.8 Å². The van der Waals surface area contributed by atoms with Gasteiger partial charge in [0.1, 0.15) is 0 Å². The second kappa shape index (κ2) is 8.29. The molecule has 7 heteroatoms. The Balaban J connectivity index is 2.08. The highest BCUT2D eigenvalue weighted by Crippen LogP contribution is 2.21. The Labute approximate surface area is 163 Å². The molecule has 0 heterocycles. The molecule has 0 radical (unpaired) electrons. The van der Waals surface area contributed by atoms with Gasteiger partial charge in [0.15, 0.2) is 14.9 Å². The molecule has 2 aromatic carbocycles. The first-order valence-electron chi connectivity index (χ1n) is 7.84. The molecule has 2 aromatic rings. The van der Waals surface area contributed by atoms with Crippen LogP contribution in [0.2, 0.25) is 0 Å². The highest BCUT2D eigenvalue weighted by Gasteiger charge is 2.13. The van der Waals surface area contributed by atoms with Crippen molar-refractivity contribution < 1.29 is 8.42 Å². The third-order valence-corrected chi connectivity index (χ3v) is 6.08. The minimum absolute atomic E-state index is 0.00477. The summed E-state index contributed by atoms with van der Waals surface area (Å²) >= 11 is 8.89. The van der Waals surface area contributed by atoms with Gasteiger partial charge in [-0.15, -0.1) is 0 Å². The lowest BCUT2D eigenvalue weighted by Crippen LogP contribution is -2.32. The van der Waals surface area contributed by atoms with E-state index in [9.17, 15) is 8.42 Å². The highest BCUT2D eigenvalue weighted by molar-refractivity contribution is 9.10. The second-order valence-corrected chi connectivity index (χ2v) is 9.14. The van der Waals surface area contributed by atoms with Crippen LogP contribution in [0, 0.1) is 6.92 Å². The fourth-order valence-electron chi connectivity index (χ4n) is 2.42. The zero-order valence-electron chi connectivity index (χ0n) is 14.3. The SMILES string of the molecule is CC[C@@H](NC(=S)Nc1ccc(Br)c(C)c1)c1ccc(S(C)(=O)=O)cc1. The average Bonchev–Trinajstić information content (AvgIpc) is 2.55. The van der Waals surface area contributed by atoms with Crippen molar-refractivity contribution in [3.63, 3.8) is 0 Å². The molecule has 0 amide bonds. The third-order valence-electron chi connectivity index (χ3n) is 3.84. The summed E-state index contributed by atoms with van der Waals surface area (Å²) in [6.45, 7) is 4.07. The number of thiocarbonyl (C=S) groups is 1. The number of anilines is 1. The Bertz CT molecular complexity index is 865. The summed E-state index contributed by atoms with van der Waals surface area (Å²) < 4.78 is 24.2. The number of hydrogen-bond donors (Lipinski definition) is 2. The Kier molecular flexibility index (Phi) is 6.59. The van der Waals surface area contributed by atoms with Gasteiger partial charge >= 0.3 is 0 Å². The molecule has 0 fully saturated rings. The van der Waals surface area contributed by atoms with Gasteiger partial charge in [-0.3, -0.25) is 0 Å². The summed E-state index contributed by atoms with van der Waals surface area (Å²) in [5, 5.41) is 7.00. The van der Waals surface area contributed by atoms with Crippen LogP contribution >= 0.6 is 28.1 Å². The summed E-state index contributed by atoms with van der Waals surface area (Å²) in [5.41, 5.74) is 3.03. The summed E-state index contributed by atoms with van der Waals surface area (Å²) in [6.07, 6.45) is 2.02. The first-order valence-corrected chi connectivity index (χ1v) is 10.9. The number of aryl methyl sites for hydroxylation is 1. The lowest BCUT2D eigenvalue weighted by molar-refractivity contribution is 0.601. The molecule has 2 N–H and O–H groups in total. The average molecular weight is 441 g/mol. The fraction of sp³-hybridized carbons (Fsp3) is 0.278. The lowest BCUT2D eigenvalue weighted by atomic mass is 10.1. The van der Waals surface area contributed by atoms with E-state index in [-0.39, 0.29) is 6.04 Å². The van der Waals surface area contributed by atoms with Gasteiger partial charge in [0.25, 0.3) is 0 Å². The molecule has 0 saturated heterocycles. The van der Waals surface area contributed by atoms with Crippen molar-refractivity contribution in [3.05, 3.63) is 58.1 Å². The number of nitrogens with one attached hydrogen (secondary N) is 2. The van der Waals surface area contributed by atoms with Gasteiger partial charge in [0.2, 0.25) is 0 Å². The van der Waals surface area contributed by atoms with Crippen molar-refractivity contribution in [1.82, 2.24) is 5.32 Å². The molecule has 0 aromatic heterocycles. The predicted molar refractivity (Wildman–Crippen MR) is 111 cm³/mol. The van der Waals surface area contributed by atoms with E-state index in [4.69, 9.17) is 12.2 Å². The first kappa shape index (κ1) is 19.9. The van der Waals surface area contributed by atoms with Crippen LogP contribution in [0.5, 0.6) is 0 Å². The van der Waals surface area contributed by atoms with Crippen molar-refractivity contribution >= 4 is 48.8 Å². The third kappa shape index (κ3) is 5.52. The highest BCUT2D eigenvalue weighted by atomic mass is 79.9. The number of sulfone groups is 1. The van der Waals surface area contributed by atoms with Crippen LogP contribution in [0.1, 0.15) is 30.5 Å². The van der Waals surface area contributed by atoms with Crippen LogP contribution in [-0.2, 0) is 9.84 Å². The molecule has 0 saturated carbocycles. The zero-order chi connectivity index (χ0) is 18.6. The van der Waals surface area contributed by atoms with Crippen LogP contribution < -0.4 is 10.6 Å². The molecule has 4 nitrogen and oxygen atoms in total. The van der Waals surface area contributed by atoms with E-state index in [1.54, 1.807) is 12.1 Å². The smallest absolute Gasteiger partial charge is 0.175 e. The zero-order valence-corrected chi connectivity index (χ0v) is 17.6. The van der Waals surface area contributed by atoms with Gasteiger partial charge in [-0.2, -0.15) is 0 Å². The van der Waals surface area contributed by atoms with Gasteiger partial charge in [-0.05, 0) is 67.0 Å². The van der Waals surface area contributed by atoms with E-state index in [0.717, 1.165) is 27.7 Å². The van der Waals surface area contributed by atoms with Gasteiger partial charge in [-0.1, -0.05) is 35.0 Å². The molecule has 25 heavy (non-hydrogen) atoms. The molecular formula is C18H21BrN2O2S2. The summed E-state index contributed by atoms with van der Waals surface area (Å²) in [7, 11) is -3.19. The molecule has 0 aliphatic rings. The van der Waals surface area contributed by atoms with Crippen molar-refractivity contribution in [2.24, 2.45) is 0 Å². The monoisotopic (exact) mass is 440 g/mol. The van der Waals surface area contributed by atoms with E-state index < -0.39 is 9.84 Å². The predicted octanol–water partition coefficient (Wildman–Crippen LogP) is 4.60. The van der Waals surface area contributed by atoms with E-state index >= 15 is 0 Å². The number of benzene rings is 2. The molecule has 0 aliphatic heterocycles. The van der Waals surface area contributed by atoms with E-state index in [1.807, 2.05) is 37.3 Å². The summed E-state index contributed by atoms with van der Waals surface area (Å²) in [6, 6.07) is 12.8. The molecule has 0 unspecified atom stereocenters. The van der Waals surface area contributed by atoms with Gasteiger partial charge in [0, 0.05) is 16.4 Å². The number of hydrogen-bond acceptors (Lipinski definition) is 3. The number of halogens is 1. The Hall–Kier alpha value is -1.44. The molecular weight excluding hydrogens is 420 g/mol. The van der Waals surface area contributed by atoms with E-state index in [1.165, 1.54) is 6.26 Å². The van der Waals surface area contributed by atoms with Gasteiger partial charge < -0.3 is 10.6 Å². The fourth-order valence-corrected chi connectivity index (χ4v) is 3.55. The topological polar surface area (TPSA) is 58.2 Å². The molecule has 1 atom stereocenters. The molecule has 0 spiro atoms. The standard InChI is InChI=1S/C18H21BrN2O2S2/c1-4-17(13-5-8-15(9-6-13)25(3,22)23)21-18(24)20-14-7-10-16(19)12(2)11-14/h5-11,17H,4H2,1-3H3,(H2,20,21,24)/t17-/m1/s1.